The molecule has 6 heteroatoms. The van der Waals surface area contributed by atoms with Crippen LogP contribution in [0, 0.1) is 0 Å². The van der Waals surface area contributed by atoms with Gasteiger partial charge in [0.2, 0.25) is 5.91 Å². The second kappa shape index (κ2) is 4.89. The molecular formula is C15H13NO4S. The Labute approximate surface area is 122 Å². The second-order valence-electron chi connectivity index (χ2n) is 4.64. The van der Waals surface area contributed by atoms with E-state index in [0.717, 1.165) is 9.87 Å². The van der Waals surface area contributed by atoms with E-state index in [9.17, 15) is 13.2 Å². The van der Waals surface area contributed by atoms with Crippen molar-refractivity contribution >= 4 is 21.6 Å². The number of carbonyl (C=O) groups excluding carboxylic acids is 1. The molecule has 0 N–H and O–H groups in total. The molecule has 1 aliphatic heterocycles. The molecule has 0 fully saturated rings. The molecular weight excluding hydrogens is 290 g/mol. The number of anilines is 1. The van der Waals surface area contributed by atoms with Crippen molar-refractivity contribution in [3.63, 3.8) is 0 Å². The molecule has 2 aromatic carbocycles. The Balaban J connectivity index is 2.07. The average molecular weight is 303 g/mol. The largest absolute Gasteiger partial charge is 0.497 e. The summed E-state index contributed by atoms with van der Waals surface area (Å²) >= 11 is 0. The summed E-state index contributed by atoms with van der Waals surface area (Å²) in [5, 5.41) is 0. The standard InChI is InChI=1S/C15H13NO4S/c1-20-12-6-8-13(9-7-12)21(18,19)16-14-5-3-2-4-11(14)10-15(16)17/h2-9H,10H2,1H3. The van der Waals surface area contributed by atoms with E-state index >= 15 is 0 Å². The van der Waals surface area contributed by atoms with Crippen molar-refractivity contribution in [3.05, 3.63) is 54.1 Å². The third-order valence-electron chi connectivity index (χ3n) is 3.38. The fourth-order valence-corrected chi connectivity index (χ4v) is 3.80. The summed E-state index contributed by atoms with van der Waals surface area (Å²) in [6.45, 7) is 0. The first-order valence-electron chi connectivity index (χ1n) is 6.34. The summed E-state index contributed by atoms with van der Waals surface area (Å²) in [4.78, 5) is 12.2. The second-order valence-corrected chi connectivity index (χ2v) is 6.43. The number of methoxy groups -OCH3 is 1. The van der Waals surface area contributed by atoms with E-state index in [1.54, 1.807) is 36.4 Å². The van der Waals surface area contributed by atoms with E-state index in [0.29, 0.717) is 11.4 Å². The van der Waals surface area contributed by atoms with E-state index < -0.39 is 15.9 Å². The molecule has 0 radical (unpaired) electrons. The summed E-state index contributed by atoms with van der Waals surface area (Å²) in [5.74, 6) is 0.120. The zero-order valence-corrected chi connectivity index (χ0v) is 12.1. The summed E-state index contributed by atoms with van der Waals surface area (Å²) in [6.07, 6.45) is 0.103. The van der Waals surface area contributed by atoms with Crippen LogP contribution in [0.25, 0.3) is 0 Å². The lowest BCUT2D eigenvalue weighted by Crippen LogP contribution is -2.33. The molecule has 0 saturated heterocycles. The molecule has 0 aliphatic carbocycles. The predicted octanol–water partition coefficient (Wildman–Crippen LogP) is 1.97. The molecule has 108 valence electrons. The molecule has 3 rings (SSSR count). The minimum atomic E-state index is -3.90. The number of benzene rings is 2. The van der Waals surface area contributed by atoms with Crippen molar-refractivity contribution < 1.29 is 17.9 Å². The maximum atomic E-state index is 12.7. The van der Waals surface area contributed by atoms with Gasteiger partial charge in [-0.1, -0.05) is 18.2 Å². The maximum absolute atomic E-state index is 12.7. The number of fused-ring (bicyclic) bond motifs is 1. The number of carbonyl (C=O) groups is 1. The van der Waals surface area contributed by atoms with Crippen LogP contribution in [0.4, 0.5) is 5.69 Å². The molecule has 0 saturated carbocycles. The lowest BCUT2D eigenvalue weighted by Gasteiger charge is -2.17. The van der Waals surface area contributed by atoms with Gasteiger partial charge in [0.15, 0.2) is 0 Å². The van der Waals surface area contributed by atoms with Gasteiger partial charge in [0.05, 0.1) is 24.1 Å². The SMILES string of the molecule is COc1ccc(S(=O)(=O)N2C(=O)Cc3ccccc32)cc1. The van der Waals surface area contributed by atoms with Crippen molar-refractivity contribution in [2.75, 3.05) is 11.4 Å². The van der Waals surface area contributed by atoms with Crippen molar-refractivity contribution in [1.29, 1.82) is 0 Å². The fraction of sp³-hybridized carbons (Fsp3) is 0.133. The number of sulfonamides is 1. The molecule has 1 aliphatic rings. The first kappa shape index (κ1) is 13.6. The zero-order valence-electron chi connectivity index (χ0n) is 11.3. The lowest BCUT2D eigenvalue weighted by molar-refractivity contribution is -0.116. The minimum Gasteiger partial charge on any atom is -0.497 e. The van der Waals surface area contributed by atoms with Crippen molar-refractivity contribution in [3.8, 4) is 5.75 Å². The van der Waals surface area contributed by atoms with Gasteiger partial charge < -0.3 is 4.74 Å². The molecule has 0 bridgehead atoms. The first-order valence-corrected chi connectivity index (χ1v) is 7.78. The van der Waals surface area contributed by atoms with E-state index in [4.69, 9.17) is 4.74 Å². The Morgan fingerprint density at radius 2 is 1.71 bits per heavy atom. The van der Waals surface area contributed by atoms with Gasteiger partial charge in [-0.05, 0) is 35.9 Å². The van der Waals surface area contributed by atoms with Gasteiger partial charge in [0, 0.05) is 0 Å². The summed E-state index contributed by atoms with van der Waals surface area (Å²) in [6, 6.07) is 12.9. The molecule has 1 heterocycles. The number of hydrogen-bond donors (Lipinski definition) is 0. The Morgan fingerprint density at radius 1 is 1.05 bits per heavy atom. The lowest BCUT2D eigenvalue weighted by atomic mass is 10.2. The van der Waals surface area contributed by atoms with Crippen LogP contribution < -0.4 is 9.04 Å². The number of hydrogen-bond acceptors (Lipinski definition) is 4. The average Bonchev–Trinajstić information content (AvgIpc) is 2.83. The van der Waals surface area contributed by atoms with Gasteiger partial charge in [-0.3, -0.25) is 4.79 Å². The minimum absolute atomic E-state index is 0.0633. The topological polar surface area (TPSA) is 63.7 Å². The Morgan fingerprint density at radius 3 is 2.38 bits per heavy atom. The van der Waals surface area contributed by atoms with Gasteiger partial charge in [0.1, 0.15) is 5.75 Å². The quantitative estimate of drug-likeness (QED) is 0.869. The Kier molecular flexibility index (Phi) is 3.17. The van der Waals surface area contributed by atoms with E-state index in [1.165, 1.54) is 19.2 Å². The van der Waals surface area contributed by atoms with E-state index in [2.05, 4.69) is 0 Å². The zero-order chi connectivity index (χ0) is 15.0. The molecule has 21 heavy (non-hydrogen) atoms. The molecule has 2 aromatic rings. The third kappa shape index (κ3) is 2.17. The number of ether oxygens (including phenoxy) is 1. The highest BCUT2D eigenvalue weighted by Gasteiger charge is 2.37. The van der Waals surface area contributed by atoms with Gasteiger partial charge in [-0.15, -0.1) is 0 Å². The highest BCUT2D eigenvalue weighted by atomic mass is 32.2. The fourth-order valence-electron chi connectivity index (χ4n) is 2.34. The Hall–Kier alpha value is -2.34. The summed E-state index contributed by atoms with van der Waals surface area (Å²) in [5.41, 5.74) is 1.15. The van der Waals surface area contributed by atoms with Crippen molar-refractivity contribution in [2.45, 2.75) is 11.3 Å². The highest BCUT2D eigenvalue weighted by Crippen LogP contribution is 2.33. The van der Waals surface area contributed by atoms with E-state index in [1.807, 2.05) is 0 Å². The predicted molar refractivity (Wildman–Crippen MR) is 77.8 cm³/mol. The molecule has 5 nitrogen and oxygen atoms in total. The van der Waals surface area contributed by atoms with Crippen LogP contribution in [-0.2, 0) is 21.2 Å². The molecule has 0 spiro atoms. The van der Waals surface area contributed by atoms with Gasteiger partial charge in [0.25, 0.3) is 10.0 Å². The van der Waals surface area contributed by atoms with Crippen LogP contribution in [0.2, 0.25) is 0 Å². The number of amides is 1. The van der Waals surface area contributed by atoms with Gasteiger partial charge >= 0.3 is 0 Å². The van der Waals surface area contributed by atoms with Crippen molar-refractivity contribution in [2.24, 2.45) is 0 Å². The van der Waals surface area contributed by atoms with Gasteiger partial charge in [-0.25, -0.2) is 12.7 Å². The van der Waals surface area contributed by atoms with Crippen LogP contribution in [0.5, 0.6) is 5.75 Å². The normalized spacial score (nSPS) is 14.1. The summed E-state index contributed by atoms with van der Waals surface area (Å²) in [7, 11) is -2.39. The van der Waals surface area contributed by atoms with Crippen LogP contribution >= 0.6 is 0 Å². The number of nitrogens with zero attached hydrogens (tertiary/aromatic N) is 1. The Bertz CT molecular complexity index is 797. The molecule has 0 atom stereocenters. The third-order valence-corrected chi connectivity index (χ3v) is 5.13. The molecule has 0 aromatic heterocycles. The molecule has 1 amide bonds. The maximum Gasteiger partial charge on any atom is 0.270 e. The van der Waals surface area contributed by atoms with E-state index in [-0.39, 0.29) is 11.3 Å². The monoisotopic (exact) mass is 303 g/mol. The van der Waals surface area contributed by atoms with Crippen LogP contribution in [0.3, 0.4) is 0 Å². The van der Waals surface area contributed by atoms with Crippen LogP contribution in [-0.4, -0.2) is 21.4 Å². The van der Waals surface area contributed by atoms with Gasteiger partial charge in [-0.2, -0.15) is 0 Å². The highest BCUT2D eigenvalue weighted by molar-refractivity contribution is 7.93. The van der Waals surface area contributed by atoms with Crippen molar-refractivity contribution in [1.82, 2.24) is 0 Å². The van der Waals surface area contributed by atoms with Crippen LogP contribution in [0.1, 0.15) is 5.56 Å². The number of para-hydroxylation sites is 1. The first-order chi connectivity index (χ1) is 10.0. The molecule has 0 unspecified atom stereocenters. The van der Waals surface area contributed by atoms with Crippen LogP contribution in [0.15, 0.2) is 53.4 Å². The smallest absolute Gasteiger partial charge is 0.270 e. The summed E-state index contributed by atoms with van der Waals surface area (Å²) < 4.78 is 31.2. The number of rotatable bonds is 3.